The van der Waals surface area contributed by atoms with Crippen LogP contribution < -0.4 is 5.32 Å². The van der Waals surface area contributed by atoms with Crippen molar-refractivity contribution in [3.63, 3.8) is 0 Å². The Bertz CT molecular complexity index is 441. The smallest absolute Gasteiger partial charge is 0.123 e. The molecule has 0 bridgehead atoms. The number of halogens is 2. The van der Waals surface area contributed by atoms with Gasteiger partial charge in [-0.25, -0.2) is 4.39 Å². The van der Waals surface area contributed by atoms with Crippen molar-refractivity contribution in [2.75, 3.05) is 6.54 Å². The van der Waals surface area contributed by atoms with Gasteiger partial charge in [-0.15, -0.1) is 0 Å². The first-order valence-corrected chi connectivity index (χ1v) is 8.69. The Morgan fingerprint density at radius 1 is 1.24 bits per heavy atom. The zero-order valence-electron chi connectivity index (χ0n) is 13.2. The van der Waals surface area contributed by atoms with E-state index in [9.17, 15) is 4.39 Å². The number of rotatable bonds is 6. The minimum atomic E-state index is -0.195. The van der Waals surface area contributed by atoms with Crippen LogP contribution in [0.4, 0.5) is 4.39 Å². The third kappa shape index (κ3) is 4.69. The van der Waals surface area contributed by atoms with Gasteiger partial charge in [0.2, 0.25) is 0 Å². The second-order valence-electron chi connectivity index (χ2n) is 6.29. The Labute approximate surface area is 133 Å². The molecule has 0 radical (unpaired) electrons. The van der Waals surface area contributed by atoms with E-state index in [0.717, 1.165) is 24.4 Å². The zero-order valence-corrected chi connectivity index (χ0v) is 13.9. The molecule has 1 nitrogen and oxygen atoms in total. The molecule has 2 rings (SSSR count). The van der Waals surface area contributed by atoms with Gasteiger partial charge in [0.25, 0.3) is 0 Å². The molecule has 1 aliphatic rings. The van der Waals surface area contributed by atoms with E-state index in [4.69, 9.17) is 11.6 Å². The van der Waals surface area contributed by atoms with Gasteiger partial charge in [-0.05, 0) is 61.4 Å². The monoisotopic (exact) mass is 311 g/mol. The van der Waals surface area contributed by atoms with Crippen molar-refractivity contribution < 1.29 is 4.39 Å². The molecular weight excluding hydrogens is 285 g/mol. The zero-order chi connectivity index (χ0) is 15.2. The Hall–Kier alpha value is -0.600. The minimum absolute atomic E-state index is 0.195. The summed E-state index contributed by atoms with van der Waals surface area (Å²) in [7, 11) is 0. The maximum Gasteiger partial charge on any atom is 0.123 e. The predicted molar refractivity (Wildman–Crippen MR) is 88.3 cm³/mol. The van der Waals surface area contributed by atoms with Gasteiger partial charge >= 0.3 is 0 Å². The summed E-state index contributed by atoms with van der Waals surface area (Å²) >= 11 is 6.23. The lowest BCUT2D eigenvalue weighted by atomic mass is 9.76. The van der Waals surface area contributed by atoms with E-state index in [2.05, 4.69) is 19.2 Å². The largest absolute Gasteiger partial charge is 0.314 e. The summed E-state index contributed by atoms with van der Waals surface area (Å²) in [5.41, 5.74) is 0.931. The summed E-state index contributed by atoms with van der Waals surface area (Å²) in [6.07, 6.45) is 7.35. The molecule has 1 N–H and O–H groups in total. The summed E-state index contributed by atoms with van der Waals surface area (Å²) in [6.45, 7) is 5.38. The van der Waals surface area contributed by atoms with E-state index in [0.29, 0.717) is 17.0 Å². The summed E-state index contributed by atoms with van der Waals surface area (Å²) < 4.78 is 13.4. The third-order valence-corrected chi connectivity index (χ3v) is 5.32. The number of hydrogen-bond donors (Lipinski definition) is 1. The van der Waals surface area contributed by atoms with Crippen LogP contribution in [0.1, 0.15) is 51.5 Å². The molecule has 1 atom stereocenters. The maximum absolute atomic E-state index is 13.4. The molecule has 1 aromatic carbocycles. The molecule has 1 fully saturated rings. The van der Waals surface area contributed by atoms with E-state index < -0.39 is 0 Å². The van der Waals surface area contributed by atoms with E-state index in [1.165, 1.54) is 38.2 Å². The Morgan fingerprint density at radius 2 is 1.95 bits per heavy atom. The third-order valence-electron chi connectivity index (χ3n) is 4.95. The average Bonchev–Trinajstić information content (AvgIpc) is 2.50. The van der Waals surface area contributed by atoms with Crippen LogP contribution in [0.3, 0.4) is 0 Å². The van der Waals surface area contributed by atoms with Crippen LogP contribution in [0.25, 0.3) is 0 Å². The van der Waals surface area contributed by atoms with Gasteiger partial charge in [0, 0.05) is 11.1 Å². The summed E-state index contributed by atoms with van der Waals surface area (Å²) in [5, 5.41) is 4.28. The molecule has 0 saturated heterocycles. The lowest BCUT2D eigenvalue weighted by Crippen LogP contribution is -2.39. The van der Waals surface area contributed by atoms with E-state index in [-0.39, 0.29) is 5.82 Å². The van der Waals surface area contributed by atoms with Gasteiger partial charge in [-0.2, -0.15) is 0 Å². The van der Waals surface area contributed by atoms with Crippen molar-refractivity contribution in [2.24, 2.45) is 11.8 Å². The fourth-order valence-corrected chi connectivity index (χ4v) is 3.80. The molecule has 0 heterocycles. The number of hydrogen-bond acceptors (Lipinski definition) is 1. The number of benzene rings is 1. The maximum atomic E-state index is 13.4. The molecule has 118 valence electrons. The van der Waals surface area contributed by atoms with Gasteiger partial charge < -0.3 is 5.32 Å². The van der Waals surface area contributed by atoms with Crippen molar-refractivity contribution in [3.05, 3.63) is 34.6 Å². The normalized spacial score (nSPS) is 24.0. The highest BCUT2D eigenvalue weighted by atomic mass is 35.5. The summed E-state index contributed by atoms with van der Waals surface area (Å²) in [4.78, 5) is 0. The van der Waals surface area contributed by atoms with Crippen LogP contribution in [-0.4, -0.2) is 12.6 Å². The highest BCUT2D eigenvalue weighted by Crippen LogP contribution is 2.34. The highest BCUT2D eigenvalue weighted by Gasteiger charge is 2.27. The molecule has 1 unspecified atom stereocenters. The van der Waals surface area contributed by atoms with Crippen LogP contribution in [-0.2, 0) is 6.42 Å². The topological polar surface area (TPSA) is 12.0 Å². The number of likely N-dealkylation sites (N-methyl/N-ethyl adjacent to an activating group) is 1. The van der Waals surface area contributed by atoms with Gasteiger partial charge in [-0.1, -0.05) is 44.7 Å². The summed E-state index contributed by atoms with van der Waals surface area (Å²) in [6, 6.07) is 5.10. The molecule has 1 saturated carbocycles. The molecule has 0 spiro atoms. The molecule has 1 aliphatic carbocycles. The number of nitrogens with one attached hydrogen (secondary N) is 1. The highest BCUT2D eigenvalue weighted by molar-refractivity contribution is 6.31. The van der Waals surface area contributed by atoms with E-state index in [1.54, 1.807) is 12.1 Å². The Morgan fingerprint density at radius 3 is 2.57 bits per heavy atom. The van der Waals surface area contributed by atoms with Gasteiger partial charge in [0.1, 0.15) is 5.82 Å². The SMILES string of the molecule is CCNC(Cc1cc(F)ccc1Cl)C1CCC(CC)CC1. The van der Waals surface area contributed by atoms with Crippen molar-refractivity contribution in [2.45, 2.75) is 58.4 Å². The van der Waals surface area contributed by atoms with Crippen LogP contribution in [0.2, 0.25) is 5.02 Å². The molecule has 3 heteroatoms. The van der Waals surface area contributed by atoms with Gasteiger partial charge in [0.15, 0.2) is 0 Å². The van der Waals surface area contributed by atoms with Crippen molar-refractivity contribution >= 4 is 11.6 Å². The second-order valence-corrected chi connectivity index (χ2v) is 6.70. The van der Waals surface area contributed by atoms with E-state index in [1.807, 2.05) is 0 Å². The van der Waals surface area contributed by atoms with Crippen molar-refractivity contribution in [3.8, 4) is 0 Å². The van der Waals surface area contributed by atoms with Crippen LogP contribution in [0.15, 0.2) is 18.2 Å². The molecule has 0 aliphatic heterocycles. The predicted octanol–water partition coefficient (Wildman–Crippen LogP) is 5.22. The summed E-state index contributed by atoms with van der Waals surface area (Å²) in [5.74, 6) is 1.40. The fraction of sp³-hybridized carbons (Fsp3) is 0.667. The van der Waals surface area contributed by atoms with E-state index >= 15 is 0 Å². The standard InChI is InChI=1S/C18H27ClFN/c1-3-13-5-7-14(8-6-13)18(21-4-2)12-15-11-16(20)9-10-17(15)19/h9-11,13-14,18,21H,3-8,12H2,1-2H3. The lowest BCUT2D eigenvalue weighted by Gasteiger charge is -2.34. The molecule has 21 heavy (non-hydrogen) atoms. The first-order valence-electron chi connectivity index (χ1n) is 8.31. The Balaban J connectivity index is 2.03. The van der Waals surface area contributed by atoms with Crippen molar-refractivity contribution in [1.29, 1.82) is 0 Å². The molecule has 1 aromatic rings. The molecular formula is C18H27ClFN. The average molecular weight is 312 g/mol. The lowest BCUT2D eigenvalue weighted by molar-refractivity contribution is 0.218. The molecule has 0 amide bonds. The van der Waals surface area contributed by atoms with Crippen LogP contribution >= 0.6 is 11.6 Å². The Kier molecular flexibility index (Phi) is 6.50. The molecule has 0 aromatic heterocycles. The van der Waals surface area contributed by atoms with Gasteiger partial charge in [0.05, 0.1) is 0 Å². The van der Waals surface area contributed by atoms with Crippen LogP contribution in [0.5, 0.6) is 0 Å². The first kappa shape index (κ1) is 16.8. The van der Waals surface area contributed by atoms with Crippen LogP contribution in [0, 0.1) is 17.7 Å². The minimum Gasteiger partial charge on any atom is -0.314 e. The fourth-order valence-electron chi connectivity index (χ4n) is 3.60. The van der Waals surface area contributed by atoms with Crippen molar-refractivity contribution in [1.82, 2.24) is 5.32 Å². The quantitative estimate of drug-likeness (QED) is 0.760. The first-order chi connectivity index (χ1) is 10.1. The second kappa shape index (κ2) is 8.14. The van der Waals surface area contributed by atoms with Gasteiger partial charge in [-0.3, -0.25) is 0 Å².